The van der Waals surface area contributed by atoms with Crippen molar-refractivity contribution in [2.24, 2.45) is 0 Å². The third-order valence-electron chi connectivity index (χ3n) is 3.46. The molecule has 0 bridgehead atoms. The van der Waals surface area contributed by atoms with Crippen LogP contribution in [0.1, 0.15) is 0 Å². The van der Waals surface area contributed by atoms with Crippen LogP contribution in [0, 0.1) is 0 Å². The van der Waals surface area contributed by atoms with Crippen LogP contribution in [0.3, 0.4) is 0 Å². The zero-order valence-electron chi connectivity index (χ0n) is 11.6. The summed E-state index contributed by atoms with van der Waals surface area (Å²) >= 11 is 0. The van der Waals surface area contributed by atoms with Crippen LogP contribution in [0.2, 0.25) is 0 Å². The highest BCUT2D eigenvalue weighted by Gasteiger charge is 2.11. The van der Waals surface area contributed by atoms with Crippen LogP contribution in [0.4, 0.5) is 0 Å². The normalized spacial score (nSPS) is 10.5. The molecular weight excluding hydrogens is 248 g/mol. The average Bonchev–Trinajstić information content (AvgIpc) is 2.53. The molecule has 3 aromatic rings. The number of hydrogen-bond acceptors (Lipinski definition) is 2. The second-order valence-electron chi connectivity index (χ2n) is 4.60. The van der Waals surface area contributed by atoms with Crippen molar-refractivity contribution in [2.45, 2.75) is 0 Å². The van der Waals surface area contributed by atoms with Gasteiger partial charge in [-0.25, -0.2) is 0 Å². The lowest BCUT2D eigenvalue weighted by Crippen LogP contribution is -1.93. The Hall–Kier alpha value is -2.48. The summed E-state index contributed by atoms with van der Waals surface area (Å²) in [6.07, 6.45) is 0. The highest BCUT2D eigenvalue weighted by molar-refractivity contribution is 5.88. The molecule has 0 spiro atoms. The van der Waals surface area contributed by atoms with Crippen molar-refractivity contribution in [1.82, 2.24) is 0 Å². The summed E-state index contributed by atoms with van der Waals surface area (Å²) in [5.74, 6) is 1.52. The third-order valence-corrected chi connectivity index (χ3v) is 3.46. The van der Waals surface area contributed by atoms with E-state index in [-0.39, 0.29) is 0 Å². The molecule has 0 aliphatic heterocycles. The monoisotopic (exact) mass is 264 g/mol. The number of methoxy groups -OCH3 is 2. The lowest BCUT2D eigenvalue weighted by molar-refractivity contribution is 0.356. The van der Waals surface area contributed by atoms with Gasteiger partial charge < -0.3 is 9.47 Å². The fraction of sp³-hybridized carbons (Fsp3) is 0.111. The molecule has 2 nitrogen and oxygen atoms in total. The number of para-hydroxylation sites is 1. The Morgan fingerprint density at radius 2 is 1.50 bits per heavy atom. The smallest absolute Gasteiger partial charge is 0.168 e. The summed E-state index contributed by atoms with van der Waals surface area (Å²) in [7, 11) is 3.32. The number of rotatable bonds is 3. The Balaban J connectivity index is 2.20. The minimum absolute atomic E-state index is 0.748. The first-order valence-corrected chi connectivity index (χ1v) is 6.53. The molecule has 0 atom stereocenters. The van der Waals surface area contributed by atoms with Gasteiger partial charge in [-0.05, 0) is 28.5 Å². The maximum absolute atomic E-state index is 5.51. The molecule has 0 saturated carbocycles. The molecule has 3 rings (SSSR count). The van der Waals surface area contributed by atoms with Gasteiger partial charge in [-0.2, -0.15) is 0 Å². The van der Waals surface area contributed by atoms with E-state index in [1.165, 1.54) is 10.8 Å². The van der Waals surface area contributed by atoms with Gasteiger partial charge in [-0.1, -0.05) is 48.5 Å². The van der Waals surface area contributed by atoms with E-state index in [1.54, 1.807) is 14.2 Å². The summed E-state index contributed by atoms with van der Waals surface area (Å²) in [5.41, 5.74) is 2.16. The van der Waals surface area contributed by atoms with E-state index in [4.69, 9.17) is 9.47 Å². The zero-order chi connectivity index (χ0) is 13.9. The van der Waals surface area contributed by atoms with Crippen molar-refractivity contribution < 1.29 is 9.47 Å². The molecule has 0 N–H and O–H groups in total. The Morgan fingerprint density at radius 1 is 0.700 bits per heavy atom. The minimum Gasteiger partial charge on any atom is -0.493 e. The second-order valence-corrected chi connectivity index (χ2v) is 4.60. The Labute approximate surface area is 118 Å². The van der Waals surface area contributed by atoms with E-state index in [1.807, 2.05) is 24.3 Å². The Morgan fingerprint density at radius 3 is 2.25 bits per heavy atom. The SMILES string of the molecule is COc1cccc(-c2ccc3ccccc3c2)c1OC. The van der Waals surface area contributed by atoms with E-state index in [9.17, 15) is 0 Å². The first-order valence-electron chi connectivity index (χ1n) is 6.53. The standard InChI is InChI=1S/C18H16O2/c1-19-17-9-5-8-16(18(17)20-2)15-11-10-13-6-3-4-7-14(13)12-15/h3-12H,1-2H3. The number of ether oxygens (including phenoxy) is 2. The predicted molar refractivity (Wildman–Crippen MR) is 82.5 cm³/mol. The maximum Gasteiger partial charge on any atom is 0.168 e. The summed E-state index contributed by atoms with van der Waals surface area (Å²) in [4.78, 5) is 0. The lowest BCUT2D eigenvalue weighted by atomic mass is 10.0. The zero-order valence-corrected chi connectivity index (χ0v) is 11.6. The van der Waals surface area contributed by atoms with Crippen LogP contribution in [0.15, 0.2) is 60.7 Å². The van der Waals surface area contributed by atoms with Crippen molar-refractivity contribution in [3.05, 3.63) is 60.7 Å². The number of hydrogen-bond donors (Lipinski definition) is 0. The molecule has 0 aliphatic rings. The van der Waals surface area contributed by atoms with E-state index < -0.39 is 0 Å². The van der Waals surface area contributed by atoms with E-state index in [0.29, 0.717) is 0 Å². The summed E-state index contributed by atoms with van der Waals surface area (Å²) in [5, 5.41) is 2.45. The molecule has 0 unspecified atom stereocenters. The molecule has 0 aliphatic carbocycles. The quantitative estimate of drug-likeness (QED) is 0.692. The van der Waals surface area contributed by atoms with E-state index >= 15 is 0 Å². The van der Waals surface area contributed by atoms with Crippen LogP contribution in [-0.4, -0.2) is 14.2 Å². The van der Waals surface area contributed by atoms with Gasteiger partial charge in [0, 0.05) is 5.56 Å². The minimum atomic E-state index is 0.748. The largest absolute Gasteiger partial charge is 0.493 e. The van der Waals surface area contributed by atoms with Crippen molar-refractivity contribution in [2.75, 3.05) is 14.2 Å². The van der Waals surface area contributed by atoms with Gasteiger partial charge in [0.25, 0.3) is 0 Å². The predicted octanol–water partition coefficient (Wildman–Crippen LogP) is 4.52. The lowest BCUT2D eigenvalue weighted by Gasteiger charge is -2.13. The molecule has 0 aromatic heterocycles. The van der Waals surface area contributed by atoms with Gasteiger partial charge in [0.15, 0.2) is 11.5 Å². The fourth-order valence-electron chi connectivity index (χ4n) is 2.47. The van der Waals surface area contributed by atoms with Gasteiger partial charge in [-0.15, -0.1) is 0 Å². The molecule has 2 heteroatoms. The van der Waals surface area contributed by atoms with Crippen molar-refractivity contribution in [1.29, 1.82) is 0 Å². The molecule has 3 aromatic carbocycles. The van der Waals surface area contributed by atoms with Crippen LogP contribution >= 0.6 is 0 Å². The highest BCUT2D eigenvalue weighted by atomic mass is 16.5. The third kappa shape index (κ3) is 2.10. The average molecular weight is 264 g/mol. The fourth-order valence-corrected chi connectivity index (χ4v) is 2.47. The van der Waals surface area contributed by atoms with Crippen LogP contribution in [0.25, 0.3) is 21.9 Å². The molecule has 0 amide bonds. The van der Waals surface area contributed by atoms with Gasteiger partial charge >= 0.3 is 0 Å². The first-order chi connectivity index (χ1) is 9.83. The van der Waals surface area contributed by atoms with Crippen LogP contribution < -0.4 is 9.47 Å². The molecule has 100 valence electrons. The van der Waals surface area contributed by atoms with E-state index in [2.05, 4.69) is 36.4 Å². The van der Waals surface area contributed by atoms with Gasteiger partial charge in [-0.3, -0.25) is 0 Å². The van der Waals surface area contributed by atoms with Crippen molar-refractivity contribution in [3.63, 3.8) is 0 Å². The maximum atomic E-state index is 5.51. The number of fused-ring (bicyclic) bond motifs is 1. The van der Waals surface area contributed by atoms with Crippen molar-refractivity contribution >= 4 is 10.8 Å². The van der Waals surface area contributed by atoms with Gasteiger partial charge in [0.1, 0.15) is 0 Å². The Bertz CT molecular complexity index is 747. The molecule has 0 radical (unpaired) electrons. The van der Waals surface area contributed by atoms with Gasteiger partial charge in [0.05, 0.1) is 14.2 Å². The first kappa shape index (κ1) is 12.5. The summed E-state index contributed by atoms with van der Waals surface area (Å²) in [6, 6.07) is 20.7. The second kappa shape index (κ2) is 5.25. The highest BCUT2D eigenvalue weighted by Crippen LogP contribution is 2.38. The molecular formula is C18H16O2. The summed E-state index contributed by atoms with van der Waals surface area (Å²) in [6.45, 7) is 0. The van der Waals surface area contributed by atoms with Gasteiger partial charge in [0.2, 0.25) is 0 Å². The molecule has 0 heterocycles. The molecule has 0 saturated heterocycles. The van der Waals surface area contributed by atoms with Crippen molar-refractivity contribution in [3.8, 4) is 22.6 Å². The topological polar surface area (TPSA) is 18.5 Å². The summed E-state index contributed by atoms with van der Waals surface area (Å²) < 4.78 is 10.9. The number of benzene rings is 3. The van der Waals surface area contributed by atoms with E-state index in [0.717, 1.165) is 22.6 Å². The molecule has 20 heavy (non-hydrogen) atoms. The molecule has 0 fully saturated rings. The van der Waals surface area contributed by atoms with Crippen LogP contribution in [-0.2, 0) is 0 Å². The van der Waals surface area contributed by atoms with Crippen LogP contribution in [0.5, 0.6) is 11.5 Å². The Kier molecular flexibility index (Phi) is 3.30.